The Kier molecular flexibility index (Phi) is 4.12. The fourth-order valence-corrected chi connectivity index (χ4v) is 2.79. The van der Waals surface area contributed by atoms with Gasteiger partial charge in [-0.25, -0.2) is 4.79 Å². The van der Waals surface area contributed by atoms with Gasteiger partial charge in [-0.3, -0.25) is 4.79 Å². The lowest BCUT2D eigenvalue weighted by molar-refractivity contribution is 0.0365. The predicted octanol–water partition coefficient (Wildman–Crippen LogP) is 2.89. The van der Waals surface area contributed by atoms with Gasteiger partial charge in [0.25, 0.3) is 0 Å². The van der Waals surface area contributed by atoms with E-state index in [0.29, 0.717) is 22.6 Å². The van der Waals surface area contributed by atoms with Crippen LogP contribution in [0.25, 0.3) is 0 Å². The highest BCUT2D eigenvalue weighted by molar-refractivity contribution is 6.01. The SMILES string of the molecule is COc1ccc2c(c1OC)C(=O)OC2CC(=O)c1cccc(O)c1. The Hall–Kier alpha value is -3.02. The number of ketones is 1. The summed E-state index contributed by atoms with van der Waals surface area (Å²) in [6.45, 7) is 0. The minimum absolute atomic E-state index is 0.0103. The molecule has 0 amide bonds. The van der Waals surface area contributed by atoms with E-state index in [1.807, 2.05) is 0 Å². The molecule has 6 nitrogen and oxygen atoms in total. The van der Waals surface area contributed by atoms with Crippen molar-refractivity contribution < 1.29 is 28.9 Å². The summed E-state index contributed by atoms with van der Waals surface area (Å²) in [6, 6.07) is 9.43. The zero-order valence-electron chi connectivity index (χ0n) is 13.2. The van der Waals surface area contributed by atoms with Gasteiger partial charge in [0.15, 0.2) is 17.3 Å². The number of cyclic esters (lactones) is 1. The molecule has 24 heavy (non-hydrogen) atoms. The number of carbonyl (C=O) groups excluding carboxylic acids is 2. The van der Waals surface area contributed by atoms with Crippen LogP contribution in [0.4, 0.5) is 0 Å². The van der Waals surface area contributed by atoms with Gasteiger partial charge in [0, 0.05) is 11.1 Å². The van der Waals surface area contributed by atoms with Crippen molar-refractivity contribution in [2.45, 2.75) is 12.5 Å². The van der Waals surface area contributed by atoms with E-state index >= 15 is 0 Å². The lowest BCUT2D eigenvalue weighted by Crippen LogP contribution is -2.07. The van der Waals surface area contributed by atoms with Crippen molar-refractivity contribution in [3.63, 3.8) is 0 Å². The number of esters is 1. The first-order valence-corrected chi connectivity index (χ1v) is 7.33. The first-order chi connectivity index (χ1) is 11.5. The maximum Gasteiger partial charge on any atom is 0.343 e. The molecule has 1 aliphatic heterocycles. The standard InChI is InChI=1S/C18H16O6/c1-22-14-7-6-12-15(24-18(21)16(12)17(14)23-2)9-13(20)10-4-3-5-11(19)8-10/h3-8,15,19H,9H2,1-2H3. The molecule has 1 heterocycles. The van der Waals surface area contributed by atoms with Crippen LogP contribution in [-0.2, 0) is 4.74 Å². The van der Waals surface area contributed by atoms with Gasteiger partial charge in [0.05, 0.1) is 20.6 Å². The van der Waals surface area contributed by atoms with E-state index in [-0.39, 0.29) is 23.5 Å². The van der Waals surface area contributed by atoms with Crippen molar-refractivity contribution in [3.8, 4) is 17.2 Å². The highest BCUT2D eigenvalue weighted by atomic mass is 16.6. The number of Topliss-reactive ketones (excluding diaryl/α,β-unsaturated/α-hetero) is 1. The number of fused-ring (bicyclic) bond motifs is 1. The molecular formula is C18H16O6. The Labute approximate surface area is 138 Å². The Morgan fingerprint density at radius 3 is 2.67 bits per heavy atom. The molecule has 3 rings (SSSR count). The van der Waals surface area contributed by atoms with Gasteiger partial charge in [-0.15, -0.1) is 0 Å². The topological polar surface area (TPSA) is 82.1 Å². The average Bonchev–Trinajstić information content (AvgIpc) is 2.90. The second-order valence-electron chi connectivity index (χ2n) is 5.34. The van der Waals surface area contributed by atoms with Crippen molar-refractivity contribution in [1.82, 2.24) is 0 Å². The summed E-state index contributed by atoms with van der Waals surface area (Å²) >= 11 is 0. The average molecular weight is 328 g/mol. The molecule has 0 aliphatic carbocycles. The van der Waals surface area contributed by atoms with E-state index in [1.165, 1.54) is 26.4 Å². The van der Waals surface area contributed by atoms with Gasteiger partial charge in [-0.1, -0.05) is 18.2 Å². The smallest absolute Gasteiger partial charge is 0.343 e. The van der Waals surface area contributed by atoms with Crippen LogP contribution in [0.5, 0.6) is 17.2 Å². The minimum Gasteiger partial charge on any atom is -0.508 e. The molecule has 0 saturated carbocycles. The van der Waals surface area contributed by atoms with Gasteiger partial charge >= 0.3 is 5.97 Å². The fraction of sp³-hybridized carbons (Fsp3) is 0.222. The Morgan fingerprint density at radius 2 is 2.00 bits per heavy atom. The molecule has 1 N–H and O–H groups in total. The summed E-state index contributed by atoms with van der Waals surface area (Å²) in [6.07, 6.45) is -0.709. The monoisotopic (exact) mass is 328 g/mol. The predicted molar refractivity (Wildman–Crippen MR) is 84.8 cm³/mol. The van der Waals surface area contributed by atoms with Crippen LogP contribution in [0, 0.1) is 0 Å². The van der Waals surface area contributed by atoms with E-state index in [4.69, 9.17) is 14.2 Å². The van der Waals surface area contributed by atoms with Gasteiger partial charge in [-0.05, 0) is 18.2 Å². The Morgan fingerprint density at radius 1 is 1.21 bits per heavy atom. The third-order valence-corrected chi connectivity index (χ3v) is 3.92. The number of ether oxygens (including phenoxy) is 3. The Bertz CT molecular complexity index is 811. The molecule has 0 bridgehead atoms. The number of benzene rings is 2. The first kappa shape index (κ1) is 15.9. The Balaban J connectivity index is 1.91. The number of phenols is 1. The number of aromatic hydroxyl groups is 1. The van der Waals surface area contributed by atoms with Crippen molar-refractivity contribution in [2.75, 3.05) is 14.2 Å². The number of hydrogen-bond acceptors (Lipinski definition) is 6. The summed E-state index contributed by atoms with van der Waals surface area (Å²) < 4.78 is 15.8. The van der Waals surface area contributed by atoms with E-state index in [2.05, 4.69) is 0 Å². The fourth-order valence-electron chi connectivity index (χ4n) is 2.79. The summed E-state index contributed by atoms with van der Waals surface area (Å²) in [5.74, 6) is -0.0441. The van der Waals surface area contributed by atoms with Crippen LogP contribution in [0.3, 0.4) is 0 Å². The van der Waals surface area contributed by atoms with Crippen LogP contribution >= 0.6 is 0 Å². The molecule has 0 spiro atoms. The molecule has 0 saturated heterocycles. The van der Waals surface area contributed by atoms with Crippen molar-refractivity contribution in [1.29, 1.82) is 0 Å². The van der Waals surface area contributed by atoms with Crippen LogP contribution in [0.2, 0.25) is 0 Å². The molecular weight excluding hydrogens is 312 g/mol. The molecule has 0 aromatic heterocycles. The van der Waals surface area contributed by atoms with Crippen LogP contribution in [0.1, 0.15) is 38.8 Å². The van der Waals surface area contributed by atoms with E-state index < -0.39 is 12.1 Å². The van der Waals surface area contributed by atoms with Gasteiger partial charge in [-0.2, -0.15) is 0 Å². The van der Waals surface area contributed by atoms with E-state index in [9.17, 15) is 14.7 Å². The molecule has 0 fully saturated rings. The third kappa shape index (κ3) is 2.67. The summed E-state index contributed by atoms with van der Waals surface area (Å²) in [4.78, 5) is 24.6. The van der Waals surface area contributed by atoms with Crippen molar-refractivity contribution in [3.05, 3.63) is 53.1 Å². The molecule has 2 aromatic rings. The first-order valence-electron chi connectivity index (χ1n) is 7.33. The molecule has 124 valence electrons. The maximum atomic E-state index is 12.4. The largest absolute Gasteiger partial charge is 0.508 e. The maximum absolute atomic E-state index is 12.4. The van der Waals surface area contributed by atoms with Crippen molar-refractivity contribution in [2.24, 2.45) is 0 Å². The number of phenolic OH excluding ortho intramolecular Hbond substituents is 1. The zero-order valence-corrected chi connectivity index (χ0v) is 13.2. The van der Waals surface area contributed by atoms with Gasteiger partial charge in [0.2, 0.25) is 0 Å². The quantitative estimate of drug-likeness (QED) is 0.671. The zero-order chi connectivity index (χ0) is 17.3. The van der Waals surface area contributed by atoms with Gasteiger partial charge in [0.1, 0.15) is 17.4 Å². The van der Waals surface area contributed by atoms with E-state index in [1.54, 1.807) is 24.3 Å². The normalized spacial score (nSPS) is 15.6. The van der Waals surface area contributed by atoms with Crippen LogP contribution in [-0.4, -0.2) is 31.1 Å². The second kappa shape index (κ2) is 6.23. The summed E-state index contributed by atoms with van der Waals surface area (Å²) in [5, 5.41) is 9.48. The highest BCUT2D eigenvalue weighted by Gasteiger charge is 2.36. The molecule has 1 unspecified atom stereocenters. The van der Waals surface area contributed by atoms with Crippen molar-refractivity contribution >= 4 is 11.8 Å². The minimum atomic E-state index is -0.692. The number of rotatable bonds is 5. The summed E-state index contributed by atoms with van der Waals surface area (Å²) in [7, 11) is 2.92. The lowest BCUT2D eigenvalue weighted by Gasteiger charge is -2.12. The lowest BCUT2D eigenvalue weighted by atomic mass is 9.97. The molecule has 1 atom stereocenters. The van der Waals surface area contributed by atoms with Crippen LogP contribution < -0.4 is 9.47 Å². The number of hydrogen-bond donors (Lipinski definition) is 1. The molecule has 1 aliphatic rings. The number of methoxy groups -OCH3 is 2. The second-order valence-corrected chi connectivity index (χ2v) is 5.34. The third-order valence-electron chi connectivity index (χ3n) is 3.92. The number of carbonyl (C=O) groups is 2. The highest BCUT2D eigenvalue weighted by Crippen LogP contribution is 2.43. The van der Waals surface area contributed by atoms with Gasteiger partial charge < -0.3 is 19.3 Å². The van der Waals surface area contributed by atoms with Crippen LogP contribution in [0.15, 0.2) is 36.4 Å². The summed E-state index contributed by atoms with van der Waals surface area (Å²) in [5.41, 5.74) is 1.23. The van der Waals surface area contributed by atoms with E-state index in [0.717, 1.165) is 0 Å². The molecule has 0 radical (unpaired) electrons. The molecule has 6 heteroatoms. The molecule has 2 aromatic carbocycles.